The van der Waals surface area contributed by atoms with E-state index in [9.17, 15) is 4.79 Å². The Kier molecular flexibility index (Phi) is 4.60. The van der Waals surface area contributed by atoms with Crippen LogP contribution in [0, 0.1) is 23.2 Å². The maximum atomic E-state index is 10.8. The molecule has 1 aromatic rings. The molecule has 0 unspecified atom stereocenters. The van der Waals surface area contributed by atoms with Crippen molar-refractivity contribution in [3.05, 3.63) is 35.4 Å². The fourth-order valence-electron chi connectivity index (χ4n) is 2.02. The van der Waals surface area contributed by atoms with Crippen molar-refractivity contribution in [2.75, 3.05) is 32.7 Å². The molecular weight excluding hydrogens is 254 g/mol. The molecule has 1 aliphatic heterocycles. The maximum Gasteiger partial charge on any atom is 0.407 e. The molecule has 20 heavy (non-hydrogen) atoms. The van der Waals surface area contributed by atoms with Crippen LogP contribution in [-0.2, 0) is 0 Å². The van der Waals surface area contributed by atoms with Crippen molar-refractivity contribution < 1.29 is 9.90 Å². The molecule has 0 atom stereocenters. The first kappa shape index (κ1) is 13.9. The highest BCUT2D eigenvalue weighted by Gasteiger charge is 2.19. The van der Waals surface area contributed by atoms with Gasteiger partial charge in [-0.3, -0.25) is 4.90 Å². The zero-order valence-corrected chi connectivity index (χ0v) is 11.0. The molecule has 2 rings (SSSR count). The molecule has 102 valence electrons. The summed E-state index contributed by atoms with van der Waals surface area (Å²) in [5.41, 5.74) is 1.43. The summed E-state index contributed by atoms with van der Waals surface area (Å²) in [4.78, 5) is 14.3. The molecule has 1 aromatic carbocycles. The number of nitriles is 1. The first-order valence-electron chi connectivity index (χ1n) is 6.38. The van der Waals surface area contributed by atoms with Gasteiger partial charge in [-0.2, -0.15) is 5.26 Å². The van der Waals surface area contributed by atoms with Gasteiger partial charge < -0.3 is 10.0 Å². The van der Waals surface area contributed by atoms with Gasteiger partial charge >= 0.3 is 6.09 Å². The minimum atomic E-state index is -0.857. The van der Waals surface area contributed by atoms with E-state index in [1.807, 2.05) is 12.1 Å². The smallest absolute Gasteiger partial charge is 0.407 e. The summed E-state index contributed by atoms with van der Waals surface area (Å²) in [7, 11) is 0. The average Bonchev–Trinajstić information content (AvgIpc) is 2.48. The predicted octanol–water partition coefficient (Wildman–Crippen LogP) is 1.21. The quantitative estimate of drug-likeness (QED) is 0.778. The number of piperazine rings is 1. The van der Waals surface area contributed by atoms with E-state index in [2.05, 4.69) is 22.8 Å². The molecule has 0 aliphatic carbocycles. The molecule has 1 fully saturated rings. The highest BCUT2D eigenvalue weighted by molar-refractivity contribution is 5.65. The Bertz CT molecular complexity index is 587. The second-order valence-electron chi connectivity index (χ2n) is 4.54. The lowest BCUT2D eigenvalue weighted by Crippen LogP contribution is -2.48. The van der Waals surface area contributed by atoms with E-state index < -0.39 is 6.09 Å². The van der Waals surface area contributed by atoms with Crippen LogP contribution in [0.25, 0.3) is 0 Å². The van der Waals surface area contributed by atoms with Crippen LogP contribution in [0.15, 0.2) is 24.3 Å². The van der Waals surface area contributed by atoms with Gasteiger partial charge in [-0.15, -0.1) is 0 Å². The van der Waals surface area contributed by atoms with Crippen molar-refractivity contribution in [2.24, 2.45) is 0 Å². The largest absolute Gasteiger partial charge is 0.465 e. The standard InChI is InChI=1S/C15H15N3O2/c16-12-14-4-1-3-13(11-14)5-2-6-17-7-9-18(10-8-17)15(19)20/h1,3-4,11H,6-10H2,(H,19,20). The first-order chi connectivity index (χ1) is 9.69. The summed E-state index contributed by atoms with van der Waals surface area (Å²) in [6, 6.07) is 9.27. The summed E-state index contributed by atoms with van der Waals surface area (Å²) in [6.07, 6.45) is -0.857. The van der Waals surface area contributed by atoms with Crippen LogP contribution in [0.5, 0.6) is 0 Å². The van der Waals surface area contributed by atoms with Crippen LogP contribution >= 0.6 is 0 Å². The van der Waals surface area contributed by atoms with Crippen molar-refractivity contribution in [1.29, 1.82) is 5.26 Å². The first-order valence-corrected chi connectivity index (χ1v) is 6.38. The van der Waals surface area contributed by atoms with E-state index in [4.69, 9.17) is 10.4 Å². The highest BCUT2D eigenvalue weighted by Crippen LogP contribution is 2.03. The third-order valence-corrected chi connectivity index (χ3v) is 3.17. The lowest BCUT2D eigenvalue weighted by atomic mass is 10.1. The number of hydrogen-bond acceptors (Lipinski definition) is 3. The topological polar surface area (TPSA) is 67.6 Å². The number of hydrogen-bond donors (Lipinski definition) is 1. The average molecular weight is 269 g/mol. The number of rotatable bonds is 1. The zero-order valence-electron chi connectivity index (χ0n) is 11.0. The molecule has 5 nitrogen and oxygen atoms in total. The monoisotopic (exact) mass is 269 g/mol. The minimum Gasteiger partial charge on any atom is -0.465 e. The molecule has 0 saturated carbocycles. The lowest BCUT2D eigenvalue weighted by Gasteiger charge is -2.31. The van der Waals surface area contributed by atoms with Gasteiger partial charge in [0.25, 0.3) is 0 Å². The second kappa shape index (κ2) is 6.60. The van der Waals surface area contributed by atoms with Crippen LogP contribution in [0.4, 0.5) is 4.79 Å². The molecule has 1 saturated heterocycles. The van der Waals surface area contributed by atoms with Crippen molar-refractivity contribution in [1.82, 2.24) is 9.80 Å². The van der Waals surface area contributed by atoms with Gasteiger partial charge in [0.15, 0.2) is 0 Å². The fraction of sp³-hybridized carbons (Fsp3) is 0.333. The Balaban J connectivity index is 1.86. The maximum absolute atomic E-state index is 10.8. The Hall–Kier alpha value is -2.50. The summed E-state index contributed by atoms with van der Waals surface area (Å²) < 4.78 is 0. The van der Waals surface area contributed by atoms with Crippen LogP contribution < -0.4 is 0 Å². The number of carbonyl (C=O) groups is 1. The molecular formula is C15H15N3O2. The summed E-state index contributed by atoms with van der Waals surface area (Å²) in [5, 5.41) is 17.7. The fourth-order valence-corrected chi connectivity index (χ4v) is 2.02. The predicted molar refractivity (Wildman–Crippen MR) is 74.1 cm³/mol. The van der Waals surface area contributed by atoms with E-state index >= 15 is 0 Å². The van der Waals surface area contributed by atoms with E-state index in [1.165, 1.54) is 4.90 Å². The Morgan fingerprint density at radius 1 is 1.25 bits per heavy atom. The van der Waals surface area contributed by atoms with Crippen molar-refractivity contribution >= 4 is 6.09 Å². The van der Waals surface area contributed by atoms with Gasteiger partial charge in [-0.05, 0) is 18.2 Å². The second-order valence-corrected chi connectivity index (χ2v) is 4.54. The molecule has 0 bridgehead atoms. The van der Waals surface area contributed by atoms with Crippen molar-refractivity contribution in [2.45, 2.75) is 0 Å². The molecule has 1 N–H and O–H groups in total. The molecule has 1 aliphatic rings. The Morgan fingerprint density at radius 3 is 2.60 bits per heavy atom. The van der Waals surface area contributed by atoms with Gasteiger partial charge in [0, 0.05) is 31.7 Å². The van der Waals surface area contributed by atoms with E-state index in [-0.39, 0.29) is 0 Å². The highest BCUT2D eigenvalue weighted by atomic mass is 16.4. The molecule has 5 heteroatoms. The van der Waals surface area contributed by atoms with Crippen LogP contribution in [0.2, 0.25) is 0 Å². The third kappa shape index (κ3) is 3.74. The summed E-state index contributed by atoms with van der Waals surface area (Å²) in [6.45, 7) is 3.09. The molecule has 0 spiro atoms. The molecule has 1 heterocycles. The zero-order chi connectivity index (χ0) is 14.4. The number of nitrogens with zero attached hydrogens (tertiary/aromatic N) is 3. The van der Waals surface area contributed by atoms with Crippen LogP contribution in [-0.4, -0.2) is 53.7 Å². The van der Waals surface area contributed by atoms with Crippen LogP contribution in [0.3, 0.4) is 0 Å². The molecule has 0 aromatic heterocycles. The lowest BCUT2D eigenvalue weighted by molar-refractivity contribution is 0.111. The van der Waals surface area contributed by atoms with Crippen molar-refractivity contribution in [3.63, 3.8) is 0 Å². The Labute approximate surface area is 118 Å². The Morgan fingerprint density at radius 2 is 1.95 bits per heavy atom. The summed E-state index contributed by atoms with van der Waals surface area (Å²) in [5.74, 6) is 6.10. The minimum absolute atomic E-state index is 0.529. The molecule has 1 amide bonds. The normalized spacial score (nSPS) is 15.1. The van der Waals surface area contributed by atoms with E-state index in [0.717, 1.165) is 5.56 Å². The number of carboxylic acid groups (broad SMARTS) is 1. The van der Waals surface area contributed by atoms with E-state index in [1.54, 1.807) is 12.1 Å². The van der Waals surface area contributed by atoms with Gasteiger partial charge in [0.2, 0.25) is 0 Å². The van der Waals surface area contributed by atoms with Gasteiger partial charge in [-0.1, -0.05) is 17.9 Å². The van der Waals surface area contributed by atoms with Gasteiger partial charge in [0.1, 0.15) is 0 Å². The number of benzene rings is 1. The molecule has 0 radical (unpaired) electrons. The third-order valence-electron chi connectivity index (χ3n) is 3.17. The van der Waals surface area contributed by atoms with E-state index in [0.29, 0.717) is 38.3 Å². The van der Waals surface area contributed by atoms with Crippen LogP contribution in [0.1, 0.15) is 11.1 Å². The number of amides is 1. The SMILES string of the molecule is N#Cc1cccc(C#CCN2CCN(C(=O)O)CC2)c1. The van der Waals surface area contributed by atoms with Gasteiger partial charge in [0.05, 0.1) is 18.2 Å². The summed E-state index contributed by atoms with van der Waals surface area (Å²) >= 11 is 0. The van der Waals surface area contributed by atoms with Gasteiger partial charge in [-0.25, -0.2) is 4.79 Å². The van der Waals surface area contributed by atoms with Crippen molar-refractivity contribution in [3.8, 4) is 17.9 Å².